The van der Waals surface area contributed by atoms with Crippen molar-refractivity contribution in [1.82, 2.24) is 10.3 Å². The summed E-state index contributed by atoms with van der Waals surface area (Å²) in [6.07, 6.45) is 1.18. The molecular weight excluding hydrogens is 390 g/mol. The Balaban J connectivity index is 1.67. The number of carbonyl (C=O) groups is 1. The number of anilines is 1. The molecule has 8 heteroatoms. The minimum atomic E-state index is -3.36. The third-order valence-corrected chi connectivity index (χ3v) is 4.92. The standard InChI is InChI=1S/C21H23N3O4S/c1-14(17-10-7-11-18(12-17)24-29(3,26)27)22-20(25)13-19-15(2)28-21(23-19)16-8-5-4-6-9-16/h4-12,14,24H,13H2,1-3H3,(H,22,25). The molecule has 1 aromatic heterocycles. The highest BCUT2D eigenvalue weighted by Gasteiger charge is 2.17. The van der Waals surface area contributed by atoms with E-state index in [9.17, 15) is 13.2 Å². The molecule has 1 heterocycles. The van der Waals surface area contributed by atoms with Crippen LogP contribution in [0.15, 0.2) is 59.0 Å². The van der Waals surface area contributed by atoms with Gasteiger partial charge in [0.25, 0.3) is 0 Å². The normalized spacial score (nSPS) is 12.4. The van der Waals surface area contributed by atoms with Crippen LogP contribution < -0.4 is 10.0 Å². The van der Waals surface area contributed by atoms with Crippen LogP contribution in [0.4, 0.5) is 5.69 Å². The summed E-state index contributed by atoms with van der Waals surface area (Å²) < 4.78 is 30.9. The first-order valence-electron chi connectivity index (χ1n) is 9.10. The minimum absolute atomic E-state index is 0.0911. The van der Waals surface area contributed by atoms with Gasteiger partial charge in [-0.1, -0.05) is 30.3 Å². The van der Waals surface area contributed by atoms with Crippen molar-refractivity contribution in [2.75, 3.05) is 11.0 Å². The molecule has 1 unspecified atom stereocenters. The van der Waals surface area contributed by atoms with Crippen LogP contribution >= 0.6 is 0 Å². The molecule has 7 nitrogen and oxygen atoms in total. The number of aromatic nitrogens is 1. The van der Waals surface area contributed by atoms with Gasteiger partial charge in [-0.15, -0.1) is 0 Å². The van der Waals surface area contributed by atoms with Gasteiger partial charge in [-0.05, 0) is 43.7 Å². The van der Waals surface area contributed by atoms with Crippen molar-refractivity contribution >= 4 is 21.6 Å². The zero-order valence-corrected chi connectivity index (χ0v) is 17.3. The highest BCUT2D eigenvalue weighted by molar-refractivity contribution is 7.92. The number of carbonyl (C=O) groups excluding carboxylic acids is 1. The van der Waals surface area contributed by atoms with Crippen LogP contribution in [0, 0.1) is 6.92 Å². The topological polar surface area (TPSA) is 101 Å². The Kier molecular flexibility index (Phi) is 6.03. The number of nitrogens with one attached hydrogen (secondary N) is 2. The second-order valence-corrected chi connectivity index (χ2v) is 8.60. The number of amides is 1. The van der Waals surface area contributed by atoms with E-state index in [1.54, 1.807) is 25.1 Å². The van der Waals surface area contributed by atoms with E-state index in [-0.39, 0.29) is 18.4 Å². The number of nitrogens with zero attached hydrogens (tertiary/aromatic N) is 1. The Morgan fingerprint density at radius 3 is 2.55 bits per heavy atom. The van der Waals surface area contributed by atoms with Crippen LogP contribution in [0.3, 0.4) is 0 Å². The van der Waals surface area contributed by atoms with Gasteiger partial charge in [0.1, 0.15) is 5.76 Å². The van der Waals surface area contributed by atoms with Gasteiger partial charge in [-0.3, -0.25) is 9.52 Å². The summed E-state index contributed by atoms with van der Waals surface area (Å²) in [4.78, 5) is 17.0. The lowest BCUT2D eigenvalue weighted by Gasteiger charge is -2.15. The van der Waals surface area contributed by atoms with Crippen LogP contribution in [0.25, 0.3) is 11.5 Å². The van der Waals surface area contributed by atoms with Gasteiger partial charge in [0.15, 0.2) is 0 Å². The fraction of sp³-hybridized carbons (Fsp3) is 0.238. The Morgan fingerprint density at radius 2 is 1.86 bits per heavy atom. The summed E-state index contributed by atoms with van der Waals surface area (Å²) in [5.74, 6) is 0.888. The van der Waals surface area contributed by atoms with Crippen LogP contribution in [0.2, 0.25) is 0 Å². The molecule has 1 amide bonds. The van der Waals surface area contributed by atoms with Gasteiger partial charge < -0.3 is 9.73 Å². The molecular formula is C21H23N3O4S. The molecule has 152 valence electrons. The van der Waals surface area contributed by atoms with E-state index in [2.05, 4.69) is 15.0 Å². The van der Waals surface area contributed by atoms with Crippen LogP contribution in [-0.4, -0.2) is 25.6 Å². The van der Waals surface area contributed by atoms with E-state index in [4.69, 9.17) is 4.42 Å². The number of hydrogen-bond donors (Lipinski definition) is 2. The maximum Gasteiger partial charge on any atom is 0.229 e. The summed E-state index contributed by atoms with van der Waals surface area (Å²) in [6, 6.07) is 16.1. The first-order valence-corrected chi connectivity index (χ1v) is 11.0. The van der Waals surface area contributed by atoms with E-state index in [0.29, 0.717) is 23.0 Å². The number of aryl methyl sites for hydroxylation is 1. The fourth-order valence-corrected chi connectivity index (χ4v) is 3.46. The second kappa shape index (κ2) is 8.48. The molecule has 0 aliphatic carbocycles. The van der Waals surface area contributed by atoms with Crippen LogP contribution in [-0.2, 0) is 21.2 Å². The molecule has 0 aliphatic rings. The summed E-state index contributed by atoms with van der Waals surface area (Å²) in [6.45, 7) is 3.62. The number of rotatable bonds is 7. The van der Waals surface area contributed by atoms with E-state index in [0.717, 1.165) is 17.4 Å². The number of benzene rings is 2. The maximum absolute atomic E-state index is 12.5. The molecule has 3 rings (SSSR count). The monoisotopic (exact) mass is 413 g/mol. The second-order valence-electron chi connectivity index (χ2n) is 6.85. The summed E-state index contributed by atoms with van der Waals surface area (Å²) >= 11 is 0. The highest BCUT2D eigenvalue weighted by atomic mass is 32.2. The highest BCUT2D eigenvalue weighted by Crippen LogP contribution is 2.22. The minimum Gasteiger partial charge on any atom is -0.441 e. The SMILES string of the molecule is Cc1oc(-c2ccccc2)nc1CC(=O)NC(C)c1cccc(NS(C)(=O)=O)c1. The van der Waals surface area contributed by atoms with Crippen LogP contribution in [0.1, 0.15) is 30.0 Å². The predicted molar refractivity (Wildman–Crippen MR) is 112 cm³/mol. The summed E-state index contributed by atoms with van der Waals surface area (Å²) in [5, 5.41) is 2.91. The van der Waals surface area contributed by atoms with Crippen molar-refractivity contribution in [2.24, 2.45) is 0 Å². The van der Waals surface area contributed by atoms with Crippen molar-refractivity contribution in [3.63, 3.8) is 0 Å². The molecule has 0 bridgehead atoms. The number of hydrogen-bond acceptors (Lipinski definition) is 5. The molecule has 29 heavy (non-hydrogen) atoms. The Hall–Kier alpha value is -3.13. The van der Waals surface area contributed by atoms with Gasteiger partial charge in [0.2, 0.25) is 21.8 Å². The van der Waals surface area contributed by atoms with Gasteiger partial charge in [0, 0.05) is 11.3 Å². The molecule has 0 saturated carbocycles. The largest absolute Gasteiger partial charge is 0.441 e. The lowest BCUT2D eigenvalue weighted by molar-refractivity contribution is -0.121. The molecule has 0 spiro atoms. The van der Waals surface area contributed by atoms with Crippen LogP contribution in [0.5, 0.6) is 0 Å². The molecule has 0 radical (unpaired) electrons. The van der Waals surface area contributed by atoms with E-state index in [1.165, 1.54) is 0 Å². The van der Waals surface area contributed by atoms with Gasteiger partial charge in [0.05, 0.1) is 24.4 Å². The summed E-state index contributed by atoms with van der Waals surface area (Å²) in [5.41, 5.74) is 2.67. The predicted octanol–water partition coefficient (Wildman–Crippen LogP) is 3.44. The molecule has 0 aliphatic heterocycles. The third-order valence-electron chi connectivity index (χ3n) is 4.31. The van der Waals surface area contributed by atoms with Crippen molar-refractivity contribution in [3.05, 3.63) is 71.6 Å². The Bertz CT molecular complexity index is 1110. The molecule has 3 aromatic rings. The maximum atomic E-state index is 12.5. The zero-order valence-electron chi connectivity index (χ0n) is 16.5. The van der Waals surface area contributed by atoms with Gasteiger partial charge >= 0.3 is 0 Å². The molecule has 2 aromatic carbocycles. The fourth-order valence-electron chi connectivity index (χ4n) is 2.91. The van der Waals surface area contributed by atoms with Crippen molar-refractivity contribution in [1.29, 1.82) is 0 Å². The van der Waals surface area contributed by atoms with Gasteiger partial charge in [-0.2, -0.15) is 0 Å². The first kappa shape index (κ1) is 20.6. The summed E-state index contributed by atoms with van der Waals surface area (Å²) in [7, 11) is -3.36. The van der Waals surface area contributed by atoms with Crippen molar-refractivity contribution < 1.29 is 17.6 Å². The molecule has 0 fully saturated rings. The average molecular weight is 413 g/mol. The lowest BCUT2D eigenvalue weighted by Crippen LogP contribution is -2.28. The van der Waals surface area contributed by atoms with Crippen molar-refractivity contribution in [2.45, 2.75) is 26.3 Å². The zero-order chi connectivity index (χ0) is 21.0. The molecule has 0 saturated heterocycles. The lowest BCUT2D eigenvalue weighted by atomic mass is 10.1. The first-order chi connectivity index (χ1) is 13.7. The van der Waals surface area contributed by atoms with Crippen molar-refractivity contribution in [3.8, 4) is 11.5 Å². The van der Waals surface area contributed by atoms with Gasteiger partial charge in [-0.25, -0.2) is 13.4 Å². The number of oxazole rings is 1. The van der Waals surface area contributed by atoms with E-state index < -0.39 is 10.0 Å². The van der Waals surface area contributed by atoms with E-state index in [1.807, 2.05) is 43.3 Å². The quantitative estimate of drug-likeness (QED) is 0.618. The number of sulfonamides is 1. The third kappa shape index (κ3) is 5.68. The Labute approximate surface area is 170 Å². The molecule has 1 atom stereocenters. The Morgan fingerprint density at radius 1 is 1.14 bits per heavy atom. The smallest absolute Gasteiger partial charge is 0.229 e. The van der Waals surface area contributed by atoms with E-state index >= 15 is 0 Å². The average Bonchev–Trinajstić information content (AvgIpc) is 3.01. The molecule has 2 N–H and O–H groups in total.